The molecular formula is C16H14O4. The summed E-state index contributed by atoms with van der Waals surface area (Å²) in [6, 6.07) is 9.08. The summed E-state index contributed by atoms with van der Waals surface area (Å²) >= 11 is 0. The van der Waals surface area contributed by atoms with Crippen LogP contribution in [0.4, 0.5) is 0 Å². The minimum absolute atomic E-state index is 0.135. The topological polar surface area (TPSA) is 48.7 Å². The van der Waals surface area contributed by atoms with Crippen molar-refractivity contribution in [3.05, 3.63) is 46.3 Å². The van der Waals surface area contributed by atoms with Crippen LogP contribution in [0.15, 0.2) is 39.5 Å². The summed E-state index contributed by atoms with van der Waals surface area (Å²) in [4.78, 5) is 12.3. The molecule has 4 nitrogen and oxygen atoms in total. The molecule has 3 rings (SSSR count). The first-order valence-electron chi connectivity index (χ1n) is 6.24. The number of hydrogen-bond donors (Lipinski definition) is 0. The summed E-state index contributed by atoms with van der Waals surface area (Å²) in [5, 5.41) is 2.10. The Morgan fingerprint density at radius 3 is 2.30 bits per heavy atom. The largest absolute Gasteiger partial charge is 0.492 e. The van der Waals surface area contributed by atoms with Crippen molar-refractivity contribution >= 4 is 21.7 Å². The van der Waals surface area contributed by atoms with Gasteiger partial charge in [0.1, 0.15) is 16.7 Å². The summed E-state index contributed by atoms with van der Waals surface area (Å²) in [6.45, 7) is 1.76. The zero-order chi connectivity index (χ0) is 14.3. The maximum Gasteiger partial charge on any atom is 0.196 e. The van der Waals surface area contributed by atoms with Gasteiger partial charge in [-0.1, -0.05) is 24.3 Å². The van der Waals surface area contributed by atoms with Crippen LogP contribution >= 0.6 is 0 Å². The minimum Gasteiger partial charge on any atom is -0.492 e. The molecule has 0 amide bonds. The molecule has 0 saturated heterocycles. The standard InChI is InChI=1S/C16H14O4/c1-9-8-12(17)13-14(20-9)10-6-4-5-7-11(10)15(18-2)16(13)19-3/h4-8H,1-3H3. The van der Waals surface area contributed by atoms with E-state index in [-0.39, 0.29) is 5.43 Å². The molecule has 0 bridgehead atoms. The molecule has 1 heterocycles. The Morgan fingerprint density at radius 2 is 1.65 bits per heavy atom. The van der Waals surface area contributed by atoms with Gasteiger partial charge in [0.2, 0.25) is 0 Å². The van der Waals surface area contributed by atoms with E-state index in [0.29, 0.717) is 28.2 Å². The molecule has 3 aromatic rings. The van der Waals surface area contributed by atoms with Crippen molar-refractivity contribution in [3.63, 3.8) is 0 Å². The van der Waals surface area contributed by atoms with Crippen LogP contribution in [0.5, 0.6) is 11.5 Å². The van der Waals surface area contributed by atoms with Gasteiger partial charge in [-0.15, -0.1) is 0 Å². The second-order valence-corrected chi connectivity index (χ2v) is 4.54. The summed E-state index contributed by atoms with van der Waals surface area (Å²) in [6.07, 6.45) is 0. The lowest BCUT2D eigenvalue weighted by atomic mass is 10.0. The van der Waals surface area contributed by atoms with Crippen LogP contribution in [0.1, 0.15) is 5.76 Å². The van der Waals surface area contributed by atoms with Crippen LogP contribution < -0.4 is 14.9 Å². The first-order chi connectivity index (χ1) is 9.67. The van der Waals surface area contributed by atoms with Gasteiger partial charge >= 0.3 is 0 Å². The average Bonchev–Trinajstić information content (AvgIpc) is 2.45. The van der Waals surface area contributed by atoms with Crippen molar-refractivity contribution in [1.82, 2.24) is 0 Å². The van der Waals surface area contributed by atoms with Crippen LogP contribution in [-0.4, -0.2) is 14.2 Å². The number of methoxy groups -OCH3 is 2. The SMILES string of the molecule is COc1c(OC)c2c(=O)cc(C)oc2c2ccccc12. The maximum atomic E-state index is 12.3. The molecule has 0 aliphatic heterocycles. The van der Waals surface area contributed by atoms with Crippen molar-refractivity contribution in [1.29, 1.82) is 0 Å². The molecule has 1 aromatic heterocycles. The zero-order valence-corrected chi connectivity index (χ0v) is 11.5. The second kappa shape index (κ2) is 4.56. The highest BCUT2D eigenvalue weighted by Crippen LogP contribution is 2.41. The van der Waals surface area contributed by atoms with E-state index in [4.69, 9.17) is 13.9 Å². The molecule has 102 valence electrons. The van der Waals surface area contributed by atoms with E-state index < -0.39 is 0 Å². The first-order valence-corrected chi connectivity index (χ1v) is 6.24. The molecule has 0 radical (unpaired) electrons. The van der Waals surface area contributed by atoms with Crippen molar-refractivity contribution in [2.45, 2.75) is 6.92 Å². The Morgan fingerprint density at radius 1 is 1.00 bits per heavy atom. The molecule has 0 aliphatic carbocycles. The van der Waals surface area contributed by atoms with E-state index in [2.05, 4.69) is 0 Å². The fraction of sp³-hybridized carbons (Fsp3) is 0.188. The van der Waals surface area contributed by atoms with E-state index in [1.165, 1.54) is 13.2 Å². The van der Waals surface area contributed by atoms with Crippen molar-refractivity contribution in [3.8, 4) is 11.5 Å². The second-order valence-electron chi connectivity index (χ2n) is 4.54. The summed E-state index contributed by atoms with van der Waals surface area (Å²) < 4.78 is 16.6. The number of ether oxygens (including phenoxy) is 2. The average molecular weight is 270 g/mol. The van der Waals surface area contributed by atoms with Gasteiger partial charge in [-0.2, -0.15) is 0 Å². The van der Waals surface area contributed by atoms with Gasteiger partial charge in [-0.3, -0.25) is 4.79 Å². The Bertz CT molecular complexity index is 862. The normalized spacial score (nSPS) is 10.9. The van der Waals surface area contributed by atoms with Gasteiger partial charge in [0.25, 0.3) is 0 Å². The maximum absolute atomic E-state index is 12.3. The van der Waals surface area contributed by atoms with Gasteiger partial charge in [0, 0.05) is 16.8 Å². The van der Waals surface area contributed by atoms with Gasteiger partial charge < -0.3 is 13.9 Å². The zero-order valence-electron chi connectivity index (χ0n) is 11.5. The molecule has 20 heavy (non-hydrogen) atoms. The highest BCUT2D eigenvalue weighted by molar-refractivity contribution is 6.10. The predicted molar refractivity (Wildman–Crippen MR) is 77.8 cm³/mol. The Labute approximate surface area is 115 Å². The number of fused-ring (bicyclic) bond motifs is 3. The van der Waals surface area contributed by atoms with Crippen LogP contribution in [-0.2, 0) is 0 Å². The molecule has 4 heteroatoms. The van der Waals surface area contributed by atoms with Gasteiger partial charge in [0.05, 0.1) is 14.2 Å². The minimum atomic E-state index is -0.135. The monoisotopic (exact) mass is 270 g/mol. The lowest BCUT2D eigenvalue weighted by molar-refractivity contribution is 0.361. The smallest absolute Gasteiger partial charge is 0.196 e. The lowest BCUT2D eigenvalue weighted by Crippen LogP contribution is -2.04. The molecule has 0 saturated carbocycles. The van der Waals surface area contributed by atoms with Crippen molar-refractivity contribution in [2.24, 2.45) is 0 Å². The molecule has 0 fully saturated rings. The van der Waals surface area contributed by atoms with E-state index in [1.54, 1.807) is 14.0 Å². The first kappa shape index (κ1) is 12.5. The summed E-state index contributed by atoms with van der Waals surface area (Å²) in [5.41, 5.74) is 0.396. The Balaban J connectivity index is 2.69. The fourth-order valence-electron chi connectivity index (χ4n) is 2.53. The van der Waals surface area contributed by atoms with Gasteiger partial charge in [-0.25, -0.2) is 0 Å². The highest BCUT2D eigenvalue weighted by Gasteiger charge is 2.19. The molecule has 0 spiro atoms. The molecule has 0 aliphatic rings. The van der Waals surface area contributed by atoms with E-state index >= 15 is 0 Å². The van der Waals surface area contributed by atoms with Gasteiger partial charge in [-0.05, 0) is 6.92 Å². The van der Waals surface area contributed by atoms with Crippen molar-refractivity contribution in [2.75, 3.05) is 14.2 Å². The number of aryl methyl sites for hydroxylation is 1. The highest BCUT2D eigenvalue weighted by atomic mass is 16.5. The molecular weight excluding hydrogens is 256 g/mol. The Hall–Kier alpha value is -2.49. The van der Waals surface area contributed by atoms with Crippen LogP contribution in [0, 0.1) is 6.92 Å². The number of rotatable bonds is 2. The number of hydrogen-bond acceptors (Lipinski definition) is 4. The van der Waals surface area contributed by atoms with Gasteiger partial charge in [0.15, 0.2) is 16.9 Å². The molecule has 2 aromatic carbocycles. The lowest BCUT2D eigenvalue weighted by Gasteiger charge is -2.14. The molecule has 0 unspecified atom stereocenters. The van der Waals surface area contributed by atoms with Crippen molar-refractivity contribution < 1.29 is 13.9 Å². The third-order valence-electron chi connectivity index (χ3n) is 3.33. The third kappa shape index (κ3) is 1.65. The quantitative estimate of drug-likeness (QED) is 0.670. The van der Waals surface area contributed by atoms with Crippen LogP contribution in [0.3, 0.4) is 0 Å². The van der Waals surface area contributed by atoms with Crippen LogP contribution in [0.2, 0.25) is 0 Å². The number of benzene rings is 2. The summed E-state index contributed by atoms with van der Waals surface area (Å²) in [7, 11) is 3.08. The van der Waals surface area contributed by atoms with E-state index in [9.17, 15) is 4.79 Å². The third-order valence-corrected chi connectivity index (χ3v) is 3.33. The summed E-state index contributed by atoms with van der Waals surface area (Å²) in [5.74, 6) is 1.53. The fourth-order valence-corrected chi connectivity index (χ4v) is 2.53. The molecule has 0 atom stereocenters. The molecule has 0 N–H and O–H groups in total. The van der Waals surface area contributed by atoms with Crippen LogP contribution in [0.25, 0.3) is 21.7 Å². The Kier molecular flexibility index (Phi) is 2.86. The van der Waals surface area contributed by atoms with E-state index in [1.807, 2.05) is 24.3 Å². The van der Waals surface area contributed by atoms with E-state index in [0.717, 1.165) is 10.8 Å². The predicted octanol–water partition coefficient (Wildman–Crippen LogP) is 3.27.